The van der Waals surface area contributed by atoms with Crippen LogP contribution in [0.25, 0.3) is 6.08 Å². The first-order valence-corrected chi connectivity index (χ1v) is 10.6. The van der Waals surface area contributed by atoms with Crippen molar-refractivity contribution < 1.29 is 28.5 Å². The molecule has 3 aromatic rings. The summed E-state index contributed by atoms with van der Waals surface area (Å²) in [6.45, 7) is 1.73. The number of Topliss-reactive ketones (excluding diaryl/α,β-unsaturated/α-hetero) is 1. The zero-order valence-electron chi connectivity index (χ0n) is 17.9. The van der Waals surface area contributed by atoms with Gasteiger partial charge in [0.15, 0.2) is 5.76 Å². The number of fused-ring (bicyclic) bond motifs is 1. The topological polar surface area (TPSA) is 71.1 Å². The van der Waals surface area contributed by atoms with Gasteiger partial charge in [-0.3, -0.25) is 4.79 Å². The Bertz CT molecular complexity index is 1270. The average molecular weight is 485 g/mol. The van der Waals surface area contributed by atoms with Gasteiger partial charge < -0.3 is 18.9 Å². The van der Waals surface area contributed by atoms with Crippen molar-refractivity contribution in [1.29, 1.82) is 0 Å². The lowest BCUT2D eigenvalue weighted by molar-refractivity contribution is 0.0727. The van der Waals surface area contributed by atoms with E-state index in [2.05, 4.69) is 0 Å². The third-order valence-electron chi connectivity index (χ3n) is 5.06. The lowest BCUT2D eigenvalue weighted by atomic mass is 10.0. The van der Waals surface area contributed by atoms with Crippen molar-refractivity contribution in [1.82, 2.24) is 0 Å². The highest BCUT2D eigenvalue weighted by Gasteiger charge is 2.31. The van der Waals surface area contributed by atoms with Crippen LogP contribution in [0.1, 0.15) is 31.8 Å². The lowest BCUT2D eigenvalue weighted by Crippen LogP contribution is -2.12. The summed E-state index contributed by atoms with van der Waals surface area (Å²) in [5.41, 5.74) is 1.58. The fourth-order valence-corrected chi connectivity index (χ4v) is 4.03. The fraction of sp³-hybridized carbons (Fsp3) is 0.120. The highest BCUT2D eigenvalue weighted by Crippen LogP contribution is 2.39. The van der Waals surface area contributed by atoms with Crippen molar-refractivity contribution >= 4 is 41.0 Å². The summed E-state index contributed by atoms with van der Waals surface area (Å²) in [7, 11) is 2.90. The Labute approximate surface area is 200 Å². The Morgan fingerprint density at radius 2 is 1.58 bits per heavy atom. The number of esters is 1. The Balaban J connectivity index is 1.66. The molecule has 33 heavy (non-hydrogen) atoms. The monoisotopic (exact) mass is 484 g/mol. The molecule has 168 valence electrons. The van der Waals surface area contributed by atoms with E-state index in [-0.39, 0.29) is 28.6 Å². The average Bonchev–Trinajstić information content (AvgIpc) is 3.11. The summed E-state index contributed by atoms with van der Waals surface area (Å²) >= 11 is 12.4. The Kier molecular flexibility index (Phi) is 6.31. The van der Waals surface area contributed by atoms with Crippen molar-refractivity contribution in [3.05, 3.63) is 86.6 Å². The van der Waals surface area contributed by atoms with Gasteiger partial charge >= 0.3 is 5.97 Å². The van der Waals surface area contributed by atoms with E-state index >= 15 is 0 Å². The van der Waals surface area contributed by atoms with Gasteiger partial charge in [0.2, 0.25) is 5.78 Å². The molecule has 1 heterocycles. The van der Waals surface area contributed by atoms with Gasteiger partial charge in [0.1, 0.15) is 28.6 Å². The molecule has 0 saturated heterocycles. The summed E-state index contributed by atoms with van der Waals surface area (Å²) in [6, 6.07) is 13.1. The van der Waals surface area contributed by atoms with Crippen molar-refractivity contribution in [3.8, 4) is 23.0 Å². The smallest absolute Gasteiger partial charge is 0.351 e. The molecule has 4 rings (SSSR count). The van der Waals surface area contributed by atoms with Crippen LogP contribution in [0, 0.1) is 6.92 Å². The molecule has 0 atom stereocenters. The zero-order chi connectivity index (χ0) is 23.7. The van der Waals surface area contributed by atoms with Gasteiger partial charge in [0.05, 0.1) is 19.8 Å². The normalized spacial score (nSPS) is 13.5. The van der Waals surface area contributed by atoms with Crippen LogP contribution in [0.2, 0.25) is 10.0 Å². The molecule has 0 unspecified atom stereocenters. The molecule has 0 fully saturated rings. The molecule has 0 aliphatic carbocycles. The highest BCUT2D eigenvalue weighted by atomic mass is 35.5. The molecule has 0 amide bonds. The van der Waals surface area contributed by atoms with Crippen LogP contribution in [0.4, 0.5) is 0 Å². The van der Waals surface area contributed by atoms with Gasteiger partial charge in [-0.2, -0.15) is 0 Å². The Morgan fingerprint density at radius 3 is 2.18 bits per heavy atom. The number of carbonyl (C=O) groups excluding carboxylic acids is 2. The molecular weight excluding hydrogens is 467 g/mol. The summed E-state index contributed by atoms with van der Waals surface area (Å²) in [5, 5.41) is 0.777. The lowest BCUT2D eigenvalue weighted by Gasteiger charge is -2.13. The van der Waals surface area contributed by atoms with Crippen LogP contribution in [-0.2, 0) is 0 Å². The van der Waals surface area contributed by atoms with Crippen LogP contribution in [-0.4, -0.2) is 26.0 Å². The molecule has 0 N–H and O–H groups in total. The second-order valence-corrected chi connectivity index (χ2v) is 7.93. The standard InChI is InChI=1S/C25H18Cl2O6/c1-13-10-14(32-25(29)23-18(30-2)8-5-9-19(23)31-3)11-20-22(13)24(28)21(33-20)12-15-16(26)6-4-7-17(15)27/h4-12H,1-3H3/b21-12-. The second-order valence-electron chi connectivity index (χ2n) is 7.12. The number of benzene rings is 3. The minimum absolute atomic E-state index is 0.0676. The third kappa shape index (κ3) is 4.27. The van der Waals surface area contributed by atoms with Crippen LogP contribution >= 0.6 is 23.2 Å². The van der Waals surface area contributed by atoms with E-state index in [4.69, 9.17) is 42.1 Å². The molecule has 1 aliphatic heterocycles. The minimum atomic E-state index is -0.674. The summed E-state index contributed by atoms with van der Waals surface area (Å²) < 4.78 is 21.9. The largest absolute Gasteiger partial charge is 0.496 e. The number of aryl methyl sites for hydroxylation is 1. The van der Waals surface area contributed by atoms with E-state index in [0.29, 0.717) is 38.2 Å². The first kappa shape index (κ1) is 22.7. The molecule has 1 aliphatic rings. The Morgan fingerprint density at radius 1 is 0.970 bits per heavy atom. The number of ketones is 1. The van der Waals surface area contributed by atoms with Gasteiger partial charge in [0.25, 0.3) is 0 Å². The minimum Gasteiger partial charge on any atom is -0.496 e. The number of halogens is 2. The molecule has 0 radical (unpaired) electrons. The summed E-state index contributed by atoms with van der Waals surface area (Å²) in [4.78, 5) is 25.8. The maximum Gasteiger partial charge on any atom is 0.351 e. The SMILES string of the molecule is COc1cccc(OC)c1C(=O)Oc1cc(C)c2c(c1)O/C(=C\c1c(Cl)cccc1Cl)C2=O. The van der Waals surface area contributed by atoms with Crippen LogP contribution in [0.3, 0.4) is 0 Å². The van der Waals surface area contributed by atoms with Crippen LogP contribution in [0.15, 0.2) is 54.3 Å². The van der Waals surface area contributed by atoms with Gasteiger partial charge in [-0.15, -0.1) is 0 Å². The van der Waals surface area contributed by atoms with E-state index in [1.807, 2.05) is 0 Å². The first-order chi connectivity index (χ1) is 15.8. The van der Waals surface area contributed by atoms with Crippen LogP contribution < -0.4 is 18.9 Å². The Hall–Kier alpha value is -3.48. The molecule has 3 aromatic carbocycles. The maximum atomic E-state index is 12.9. The molecule has 0 saturated carbocycles. The van der Waals surface area contributed by atoms with E-state index in [0.717, 1.165) is 0 Å². The number of rotatable bonds is 5. The molecule has 0 spiro atoms. The predicted octanol–water partition coefficient (Wildman–Crippen LogP) is 6.15. The van der Waals surface area contributed by atoms with Crippen molar-refractivity contribution in [2.45, 2.75) is 6.92 Å². The van der Waals surface area contributed by atoms with Gasteiger partial charge in [-0.1, -0.05) is 35.3 Å². The molecule has 0 bridgehead atoms. The molecule has 6 nitrogen and oxygen atoms in total. The molecular formula is C25H18Cl2O6. The molecule has 0 aromatic heterocycles. The van der Waals surface area contributed by atoms with E-state index in [1.165, 1.54) is 26.4 Å². The second kappa shape index (κ2) is 9.17. The number of methoxy groups -OCH3 is 2. The van der Waals surface area contributed by atoms with Crippen molar-refractivity contribution in [2.75, 3.05) is 14.2 Å². The maximum absolute atomic E-state index is 12.9. The highest BCUT2D eigenvalue weighted by molar-refractivity contribution is 6.37. The van der Waals surface area contributed by atoms with E-state index in [9.17, 15) is 9.59 Å². The fourth-order valence-electron chi connectivity index (χ4n) is 3.53. The predicted molar refractivity (Wildman–Crippen MR) is 125 cm³/mol. The number of allylic oxidation sites excluding steroid dienone is 1. The van der Waals surface area contributed by atoms with Gasteiger partial charge in [0, 0.05) is 21.7 Å². The quantitative estimate of drug-likeness (QED) is 0.245. The van der Waals surface area contributed by atoms with Crippen LogP contribution in [0.5, 0.6) is 23.0 Å². The summed E-state index contributed by atoms with van der Waals surface area (Å²) in [5.74, 6) is 0.168. The summed E-state index contributed by atoms with van der Waals surface area (Å²) in [6.07, 6.45) is 1.50. The number of hydrogen-bond acceptors (Lipinski definition) is 6. The van der Waals surface area contributed by atoms with Crippen molar-refractivity contribution in [2.24, 2.45) is 0 Å². The number of carbonyl (C=O) groups is 2. The zero-order valence-corrected chi connectivity index (χ0v) is 19.4. The number of ether oxygens (including phenoxy) is 4. The molecule has 8 heteroatoms. The third-order valence-corrected chi connectivity index (χ3v) is 5.72. The van der Waals surface area contributed by atoms with Gasteiger partial charge in [-0.25, -0.2) is 4.79 Å². The van der Waals surface area contributed by atoms with E-state index in [1.54, 1.807) is 49.4 Å². The number of hydrogen-bond donors (Lipinski definition) is 0. The van der Waals surface area contributed by atoms with Crippen molar-refractivity contribution in [3.63, 3.8) is 0 Å². The van der Waals surface area contributed by atoms with E-state index < -0.39 is 5.97 Å². The first-order valence-electron chi connectivity index (χ1n) is 9.80. The van der Waals surface area contributed by atoms with Gasteiger partial charge in [-0.05, 0) is 48.9 Å².